The molecule has 8 atom stereocenters. The van der Waals surface area contributed by atoms with E-state index in [2.05, 4.69) is 19.1 Å². The van der Waals surface area contributed by atoms with Crippen molar-refractivity contribution in [3.05, 3.63) is 23.8 Å². The summed E-state index contributed by atoms with van der Waals surface area (Å²) in [7, 11) is 0. The van der Waals surface area contributed by atoms with Gasteiger partial charge in [0.25, 0.3) is 0 Å². The maximum atomic E-state index is 12.6. The quantitative estimate of drug-likeness (QED) is 0.434. The topological polar surface area (TPSA) is 89.9 Å². The molecular formula is C23H30O6. The Bertz CT molecular complexity index is 745. The lowest BCUT2D eigenvalue weighted by Crippen LogP contribution is -2.40. The number of aliphatic hydroxyl groups is 1. The largest absolute Gasteiger partial charge is 0.461 e. The summed E-state index contributed by atoms with van der Waals surface area (Å²) >= 11 is 0. The minimum Gasteiger partial charge on any atom is -0.461 e. The minimum atomic E-state index is -0.629. The molecular weight excluding hydrogens is 372 g/mol. The summed E-state index contributed by atoms with van der Waals surface area (Å²) in [5.41, 5.74) is 0.150. The normalized spacial score (nSPS) is 43.3. The van der Waals surface area contributed by atoms with E-state index in [9.17, 15) is 19.5 Å². The van der Waals surface area contributed by atoms with Crippen LogP contribution in [0.15, 0.2) is 23.8 Å². The molecule has 0 aromatic carbocycles. The zero-order chi connectivity index (χ0) is 20.9. The summed E-state index contributed by atoms with van der Waals surface area (Å²) in [5, 5.41) is 10.6. The van der Waals surface area contributed by atoms with E-state index < -0.39 is 18.2 Å². The van der Waals surface area contributed by atoms with Gasteiger partial charge in [0.1, 0.15) is 12.2 Å². The standard InChI is InChI=1S/C23H30O6/c1-11(2)22(26)29-21-12(3)6-18-16(21)5-4-13-7-14(24)8-15-9-20(25)19(10-17(13)18)23(27)28-15/h4-5,10-18,21,24H,6-9H2,1-3H3/b19-10-/t12-,13+,14+,15-,16-,17-,18-,21-/m1/s1. The van der Waals surface area contributed by atoms with Crippen LogP contribution in [-0.4, -0.2) is 41.1 Å². The molecule has 5 aliphatic rings. The molecule has 6 heteroatoms. The van der Waals surface area contributed by atoms with Crippen LogP contribution in [0.3, 0.4) is 0 Å². The Balaban J connectivity index is 1.68. The SMILES string of the molecule is CC(C)C(=O)O[C@H]1[C@@H]2C=C[C@H]3C[C@H](O)C[C@@H]4CC(=O)/C(=C/[C@H]3[C@@H]2C[C@H]1C)C(=O)O4. The molecule has 0 aromatic rings. The summed E-state index contributed by atoms with van der Waals surface area (Å²) < 4.78 is 11.2. The van der Waals surface area contributed by atoms with Gasteiger partial charge in [-0.05, 0) is 36.5 Å². The monoisotopic (exact) mass is 402 g/mol. The van der Waals surface area contributed by atoms with Crippen molar-refractivity contribution in [1.29, 1.82) is 0 Å². The van der Waals surface area contributed by atoms with Crippen molar-refractivity contribution in [2.75, 3.05) is 0 Å². The molecule has 29 heavy (non-hydrogen) atoms. The third kappa shape index (κ3) is 3.79. The highest BCUT2D eigenvalue weighted by molar-refractivity contribution is 6.18. The van der Waals surface area contributed by atoms with E-state index in [1.54, 1.807) is 6.08 Å². The van der Waals surface area contributed by atoms with Gasteiger partial charge in [0.15, 0.2) is 5.78 Å². The first-order valence-corrected chi connectivity index (χ1v) is 10.8. The molecule has 0 unspecified atom stereocenters. The molecule has 158 valence electrons. The number of esters is 2. The van der Waals surface area contributed by atoms with Gasteiger partial charge in [-0.1, -0.05) is 39.0 Å². The van der Waals surface area contributed by atoms with Crippen molar-refractivity contribution in [2.24, 2.45) is 35.5 Å². The van der Waals surface area contributed by atoms with Crippen LogP contribution in [0.25, 0.3) is 0 Å². The third-order valence-electron chi connectivity index (χ3n) is 7.02. The predicted octanol–water partition coefficient (Wildman–Crippen LogP) is 2.59. The first kappa shape index (κ1) is 20.3. The molecule has 1 saturated carbocycles. The zero-order valence-electron chi connectivity index (χ0n) is 17.2. The Morgan fingerprint density at radius 1 is 1.17 bits per heavy atom. The van der Waals surface area contributed by atoms with Crippen LogP contribution in [-0.2, 0) is 23.9 Å². The van der Waals surface area contributed by atoms with Crippen LogP contribution >= 0.6 is 0 Å². The van der Waals surface area contributed by atoms with Crippen LogP contribution in [0.1, 0.15) is 46.5 Å². The van der Waals surface area contributed by atoms with E-state index in [1.165, 1.54) is 0 Å². The summed E-state index contributed by atoms with van der Waals surface area (Å²) in [6, 6.07) is 0. The first-order valence-electron chi connectivity index (χ1n) is 10.8. The number of hydrogen-bond acceptors (Lipinski definition) is 6. The fraction of sp³-hybridized carbons (Fsp3) is 0.696. The summed E-state index contributed by atoms with van der Waals surface area (Å²) in [6.45, 7) is 5.74. The molecule has 2 aliphatic heterocycles. The van der Waals surface area contributed by atoms with Gasteiger partial charge < -0.3 is 14.6 Å². The number of fused-ring (bicyclic) bond motifs is 5. The summed E-state index contributed by atoms with van der Waals surface area (Å²) in [5.74, 6) is -0.775. The molecule has 1 N–H and O–H groups in total. The van der Waals surface area contributed by atoms with Crippen molar-refractivity contribution >= 4 is 17.7 Å². The number of hydrogen-bond donors (Lipinski definition) is 1. The van der Waals surface area contributed by atoms with Crippen molar-refractivity contribution < 1.29 is 29.0 Å². The average Bonchev–Trinajstić information content (AvgIpc) is 2.94. The van der Waals surface area contributed by atoms with E-state index >= 15 is 0 Å². The number of carbonyl (C=O) groups excluding carboxylic acids is 3. The van der Waals surface area contributed by atoms with Crippen LogP contribution in [0.4, 0.5) is 0 Å². The minimum absolute atomic E-state index is 0.0467. The van der Waals surface area contributed by atoms with Gasteiger partial charge in [-0.3, -0.25) is 9.59 Å². The van der Waals surface area contributed by atoms with Crippen LogP contribution in [0.2, 0.25) is 0 Å². The number of carbonyl (C=O) groups is 3. The van der Waals surface area contributed by atoms with E-state index in [1.807, 2.05) is 13.8 Å². The lowest BCUT2D eigenvalue weighted by atomic mass is 9.68. The van der Waals surface area contributed by atoms with Crippen LogP contribution < -0.4 is 0 Å². The Hall–Kier alpha value is -1.95. The number of allylic oxidation sites excluding steroid dienone is 2. The molecule has 2 heterocycles. The molecule has 0 aromatic heterocycles. The molecule has 3 aliphatic carbocycles. The van der Waals surface area contributed by atoms with Gasteiger partial charge in [-0.15, -0.1) is 0 Å². The fourth-order valence-electron chi connectivity index (χ4n) is 5.56. The number of aliphatic hydroxyl groups excluding tert-OH is 1. The number of ketones is 1. The Morgan fingerprint density at radius 3 is 2.62 bits per heavy atom. The Labute approximate surface area is 171 Å². The second-order valence-corrected chi connectivity index (χ2v) is 9.50. The van der Waals surface area contributed by atoms with Gasteiger partial charge in [0.2, 0.25) is 0 Å². The molecule has 6 nitrogen and oxygen atoms in total. The molecule has 2 bridgehead atoms. The molecule has 5 rings (SSSR count). The summed E-state index contributed by atoms with van der Waals surface area (Å²) in [6.07, 6.45) is 6.49. The molecule has 2 fully saturated rings. The lowest BCUT2D eigenvalue weighted by Gasteiger charge is -2.39. The Morgan fingerprint density at radius 2 is 1.93 bits per heavy atom. The number of rotatable bonds is 2. The predicted molar refractivity (Wildman–Crippen MR) is 104 cm³/mol. The number of Topliss-reactive ketones (excluding diaryl/α,β-unsaturated/α-hetero) is 1. The second kappa shape index (κ2) is 7.71. The highest BCUT2D eigenvalue weighted by Gasteiger charge is 2.49. The maximum Gasteiger partial charge on any atom is 0.341 e. The van der Waals surface area contributed by atoms with E-state index in [4.69, 9.17) is 9.47 Å². The highest BCUT2D eigenvalue weighted by atomic mass is 16.5. The smallest absolute Gasteiger partial charge is 0.341 e. The third-order valence-corrected chi connectivity index (χ3v) is 7.02. The number of ether oxygens (including phenoxy) is 2. The van der Waals surface area contributed by atoms with E-state index in [0.29, 0.717) is 12.8 Å². The van der Waals surface area contributed by atoms with E-state index in [-0.39, 0.29) is 65.4 Å². The summed E-state index contributed by atoms with van der Waals surface area (Å²) in [4.78, 5) is 37.3. The van der Waals surface area contributed by atoms with Crippen molar-refractivity contribution in [2.45, 2.75) is 64.8 Å². The van der Waals surface area contributed by atoms with Gasteiger partial charge in [-0.2, -0.15) is 0 Å². The van der Waals surface area contributed by atoms with Gasteiger partial charge in [0.05, 0.1) is 17.6 Å². The van der Waals surface area contributed by atoms with Crippen molar-refractivity contribution in [3.8, 4) is 0 Å². The fourth-order valence-corrected chi connectivity index (χ4v) is 5.56. The molecule has 0 amide bonds. The highest BCUT2D eigenvalue weighted by Crippen LogP contribution is 2.50. The van der Waals surface area contributed by atoms with Crippen molar-refractivity contribution in [3.63, 3.8) is 0 Å². The second-order valence-electron chi connectivity index (χ2n) is 9.50. The maximum absolute atomic E-state index is 12.6. The zero-order valence-corrected chi connectivity index (χ0v) is 17.2. The Kier molecular flexibility index (Phi) is 5.40. The van der Waals surface area contributed by atoms with Gasteiger partial charge >= 0.3 is 11.9 Å². The van der Waals surface area contributed by atoms with Gasteiger partial charge in [-0.25, -0.2) is 4.79 Å². The molecule has 0 spiro atoms. The van der Waals surface area contributed by atoms with Gasteiger partial charge in [0, 0.05) is 18.8 Å². The van der Waals surface area contributed by atoms with Crippen LogP contribution in [0, 0.1) is 35.5 Å². The lowest BCUT2D eigenvalue weighted by molar-refractivity contribution is -0.156. The van der Waals surface area contributed by atoms with Crippen molar-refractivity contribution in [1.82, 2.24) is 0 Å². The average molecular weight is 402 g/mol. The first-order chi connectivity index (χ1) is 13.7. The van der Waals surface area contributed by atoms with Crippen LogP contribution in [0.5, 0.6) is 0 Å². The van der Waals surface area contributed by atoms with E-state index in [0.717, 1.165) is 6.42 Å². The molecule has 0 radical (unpaired) electrons. The molecule has 1 saturated heterocycles.